The molecule has 0 saturated carbocycles. The topological polar surface area (TPSA) is 97.4 Å². The molecule has 2 aromatic heterocycles. The van der Waals surface area contributed by atoms with Gasteiger partial charge < -0.3 is 9.73 Å². The zero-order chi connectivity index (χ0) is 21.8. The van der Waals surface area contributed by atoms with E-state index in [1.54, 1.807) is 39.4 Å². The van der Waals surface area contributed by atoms with E-state index in [4.69, 9.17) is 16.0 Å². The van der Waals surface area contributed by atoms with Crippen LogP contribution in [0.25, 0.3) is 0 Å². The molecular weight excluding hydrogens is 440 g/mol. The SMILES string of the molecule is O=C(Nc1ccc(S(=O)(=O)N2CCCCCC2)cc1)c1ccc(Cn2cc(Cl)cn2)o1. The van der Waals surface area contributed by atoms with Crippen LogP contribution in [0.1, 0.15) is 42.0 Å². The van der Waals surface area contributed by atoms with Crippen LogP contribution in [0.2, 0.25) is 5.02 Å². The molecule has 3 heterocycles. The van der Waals surface area contributed by atoms with Crippen LogP contribution in [0, 0.1) is 0 Å². The molecule has 0 aliphatic carbocycles. The Labute approximate surface area is 185 Å². The number of furan rings is 1. The number of hydrogen-bond donors (Lipinski definition) is 1. The average Bonchev–Trinajstić information content (AvgIpc) is 3.28. The van der Waals surface area contributed by atoms with Crippen molar-refractivity contribution in [3.05, 3.63) is 65.3 Å². The molecule has 4 rings (SSSR count). The summed E-state index contributed by atoms with van der Waals surface area (Å²) in [6.07, 6.45) is 7.06. The Hall–Kier alpha value is -2.62. The van der Waals surface area contributed by atoms with E-state index in [9.17, 15) is 13.2 Å². The molecule has 1 aliphatic heterocycles. The minimum Gasteiger partial charge on any atom is -0.454 e. The van der Waals surface area contributed by atoms with E-state index in [0.717, 1.165) is 25.7 Å². The van der Waals surface area contributed by atoms with Crippen molar-refractivity contribution in [1.29, 1.82) is 0 Å². The van der Waals surface area contributed by atoms with E-state index < -0.39 is 15.9 Å². The van der Waals surface area contributed by atoms with Gasteiger partial charge in [-0.2, -0.15) is 9.40 Å². The fourth-order valence-corrected chi connectivity index (χ4v) is 5.18. The van der Waals surface area contributed by atoms with E-state index in [1.807, 2.05) is 0 Å². The minimum atomic E-state index is -3.52. The Balaban J connectivity index is 1.40. The lowest BCUT2D eigenvalue weighted by Crippen LogP contribution is -2.31. The molecule has 0 atom stereocenters. The number of carbonyl (C=O) groups is 1. The van der Waals surface area contributed by atoms with Crippen molar-refractivity contribution in [2.75, 3.05) is 18.4 Å². The Bertz CT molecular complexity index is 1150. The van der Waals surface area contributed by atoms with Crippen molar-refractivity contribution < 1.29 is 17.6 Å². The Kier molecular flexibility index (Phi) is 6.45. The van der Waals surface area contributed by atoms with Crippen molar-refractivity contribution in [1.82, 2.24) is 14.1 Å². The van der Waals surface area contributed by atoms with Gasteiger partial charge in [0.15, 0.2) is 5.76 Å². The molecule has 1 N–H and O–H groups in total. The van der Waals surface area contributed by atoms with Gasteiger partial charge in [-0.3, -0.25) is 9.48 Å². The number of halogens is 1. The smallest absolute Gasteiger partial charge is 0.291 e. The van der Waals surface area contributed by atoms with E-state index in [0.29, 0.717) is 36.1 Å². The fourth-order valence-electron chi connectivity index (χ4n) is 3.50. The largest absolute Gasteiger partial charge is 0.454 e. The number of nitrogens with zero attached hydrogens (tertiary/aromatic N) is 3. The second kappa shape index (κ2) is 9.25. The molecule has 1 aliphatic rings. The lowest BCUT2D eigenvalue weighted by Gasteiger charge is -2.20. The molecule has 1 amide bonds. The molecule has 0 bridgehead atoms. The van der Waals surface area contributed by atoms with E-state index in [2.05, 4.69) is 10.4 Å². The second-order valence-corrected chi connectivity index (χ2v) is 9.79. The highest BCUT2D eigenvalue weighted by molar-refractivity contribution is 7.89. The molecule has 1 saturated heterocycles. The molecular formula is C21H23ClN4O4S. The quantitative estimate of drug-likeness (QED) is 0.597. The highest BCUT2D eigenvalue weighted by Gasteiger charge is 2.25. The van der Waals surface area contributed by atoms with Gasteiger partial charge in [-0.15, -0.1) is 0 Å². The maximum atomic E-state index is 12.9. The summed E-state index contributed by atoms with van der Waals surface area (Å²) >= 11 is 5.84. The molecule has 31 heavy (non-hydrogen) atoms. The number of carbonyl (C=O) groups excluding carboxylic acids is 1. The van der Waals surface area contributed by atoms with E-state index in [1.165, 1.54) is 18.3 Å². The van der Waals surface area contributed by atoms with Gasteiger partial charge in [-0.05, 0) is 49.2 Å². The minimum absolute atomic E-state index is 0.148. The lowest BCUT2D eigenvalue weighted by atomic mass is 10.2. The van der Waals surface area contributed by atoms with E-state index in [-0.39, 0.29) is 10.7 Å². The van der Waals surface area contributed by atoms with Gasteiger partial charge >= 0.3 is 0 Å². The van der Waals surface area contributed by atoms with Crippen molar-refractivity contribution in [3.8, 4) is 0 Å². The first-order chi connectivity index (χ1) is 14.9. The predicted molar refractivity (Wildman–Crippen MR) is 117 cm³/mol. The molecule has 1 aromatic carbocycles. The summed E-state index contributed by atoms with van der Waals surface area (Å²) in [5.74, 6) is 0.284. The molecule has 0 unspecified atom stereocenters. The number of rotatable bonds is 6. The summed E-state index contributed by atoms with van der Waals surface area (Å²) in [5, 5.41) is 7.31. The second-order valence-electron chi connectivity index (χ2n) is 7.42. The maximum Gasteiger partial charge on any atom is 0.291 e. The zero-order valence-electron chi connectivity index (χ0n) is 16.8. The number of aromatic nitrogens is 2. The predicted octanol–water partition coefficient (Wildman–Crippen LogP) is 3.99. The summed E-state index contributed by atoms with van der Waals surface area (Å²) in [6.45, 7) is 1.45. The molecule has 8 nitrogen and oxygen atoms in total. The third-order valence-corrected chi connectivity index (χ3v) is 7.23. The normalized spacial score (nSPS) is 15.5. The van der Waals surface area contributed by atoms with Gasteiger partial charge in [0.25, 0.3) is 5.91 Å². The van der Waals surface area contributed by atoms with Gasteiger partial charge in [0, 0.05) is 25.0 Å². The first-order valence-corrected chi connectivity index (χ1v) is 11.9. The van der Waals surface area contributed by atoms with Crippen LogP contribution in [0.4, 0.5) is 5.69 Å². The third kappa shape index (κ3) is 5.17. The highest BCUT2D eigenvalue weighted by atomic mass is 35.5. The Morgan fingerprint density at radius 1 is 1.06 bits per heavy atom. The number of amides is 1. The van der Waals surface area contributed by atoms with Crippen molar-refractivity contribution >= 4 is 33.2 Å². The van der Waals surface area contributed by atoms with Gasteiger partial charge in [0.05, 0.1) is 22.7 Å². The molecule has 0 spiro atoms. The van der Waals surface area contributed by atoms with Crippen LogP contribution in [0.3, 0.4) is 0 Å². The Morgan fingerprint density at radius 3 is 2.42 bits per heavy atom. The molecule has 3 aromatic rings. The van der Waals surface area contributed by atoms with E-state index >= 15 is 0 Å². The maximum absolute atomic E-state index is 12.9. The third-order valence-electron chi connectivity index (χ3n) is 5.12. The summed E-state index contributed by atoms with van der Waals surface area (Å²) in [4.78, 5) is 12.7. The van der Waals surface area contributed by atoms with Gasteiger partial charge in [0.1, 0.15) is 5.76 Å². The van der Waals surface area contributed by atoms with Crippen LogP contribution in [-0.2, 0) is 16.6 Å². The lowest BCUT2D eigenvalue weighted by molar-refractivity contribution is 0.0994. The number of anilines is 1. The van der Waals surface area contributed by atoms with Gasteiger partial charge in [0.2, 0.25) is 10.0 Å². The molecule has 1 fully saturated rings. The molecule has 164 valence electrons. The van der Waals surface area contributed by atoms with Crippen LogP contribution in [-0.4, -0.2) is 41.5 Å². The van der Waals surface area contributed by atoms with Crippen molar-refractivity contribution in [2.45, 2.75) is 37.1 Å². The van der Waals surface area contributed by atoms with Crippen LogP contribution < -0.4 is 5.32 Å². The summed E-state index contributed by atoms with van der Waals surface area (Å²) in [6, 6.07) is 9.47. The highest BCUT2D eigenvalue weighted by Crippen LogP contribution is 2.22. The van der Waals surface area contributed by atoms with Crippen LogP contribution >= 0.6 is 11.6 Å². The summed E-state index contributed by atoms with van der Waals surface area (Å²) < 4.78 is 34.4. The standard InChI is InChI=1S/C21H23ClN4O4S/c22-16-13-23-25(14-16)15-18-7-10-20(30-18)21(27)24-17-5-8-19(9-6-17)31(28,29)26-11-3-1-2-4-12-26/h5-10,13-14H,1-4,11-12,15H2,(H,24,27). The number of benzene rings is 1. The first kappa shape index (κ1) is 21.6. The van der Waals surface area contributed by atoms with Crippen LogP contribution in [0.15, 0.2) is 58.1 Å². The molecule has 10 heteroatoms. The fraction of sp³-hybridized carbons (Fsp3) is 0.333. The summed E-state index contributed by atoms with van der Waals surface area (Å²) in [5.41, 5.74) is 0.483. The van der Waals surface area contributed by atoms with Gasteiger partial charge in [-0.25, -0.2) is 8.42 Å². The molecule has 0 radical (unpaired) electrons. The Morgan fingerprint density at radius 2 is 1.77 bits per heavy atom. The van der Waals surface area contributed by atoms with Crippen molar-refractivity contribution in [3.63, 3.8) is 0 Å². The summed E-state index contributed by atoms with van der Waals surface area (Å²) in [7, 11) is -3.52. The van der Waals surface area contributed by atoms with Crippen LogP contribution in [0.5, 0.6) is 0 Å². The monoisotopic (exact) mass is 462 g/mol. The number of hydrogen-bond acceptors (Lipinski definition) is 5. The van der Waals surface area contributed by atoms with Crippen molar-refractivity contribution in [2.24, 2.45) is 0 Å². The first-order valence-electron chi connectivity index (χ1n) is 10.1. The number of sulfonamides is 1. The zero-order valence-corrected chi connectivity index (χ0v) is 18.4. The van der Waals surface area contributed by atoms with Gasteiger partial charge in [-0.1, -0.05) is 24.4 Å². The number of nitrogens with one attached hydrogen (secondary N) is 1. The average molecular weight is 463 g/mol.